The van der Waals surface area contributed by atoms with E-state index in [1.54, 1.807) is 11.5 Å². The number of hydrogen-bond acceptors (Lipinski definition) is 3. The van der Waals surface area contributed by atoms with Gasteiger partial charge in [-0.15, -0.1) is 12.4 Å². The van der Waals surface area contributed by atoms with Crippen molar-refractivity contribution < 1.29 is 0 Å². The van der Waals surface area contributed by atoms with E-state index in [9.17, 15) is 0 Å². The molecule has 0 aliphatic heterocycles. The molecular weight excluding hydrogens is 228 g/mol. The zero-order chi connectivity index (χ0) is 9.97. The van der Waals surface area contributed by atoms with E-state index in [0.717, 1.165) is 6.42 Å². The lowest BCUT2D eigenvalue weighted by Gasteiger charge is -2.10. The molecule has 0 spiro atoms. The number of benzene rings is 1. The molecule has 0 saturated carbocycles. The summed E-state index contributed by atoms with van der Waals surface area (Å²) in [7, 11) is 2.00. The van der Waals surface area contributed by atoms with Crippen molar-refractivity contribution in [1.29, 1.82) is 0 Å². The topological polar surface area (TPSA) is 24.9 Å². The maximum absolute atomic E-state index is 4.22. The first-order valence-electron chi connectivity index (χ1n) is 4.81. The van der Waals surface area contributed by atoms with E-state index in [2.05, 4.69) is 34.8 Å². The number of nitrogens with zero attached hydrogens (tertiary/aromatic N) is 1. The van der Waals surface area contributed by atoms with Crippen LogP contribution in [0.2, 0.25) is 0 Å². The van der Waals surface area contributed by atoms with Gasteiger partial charge in [-0.3, -0.25) is 0 Å². The Hall–Kier alpha value is -0.640. The number of halogens is 1. The molecule has 0 aliphatic rings. The Kier molecular flexibility index (Phi) is 4.51. The van der Waals surface area contributed by atoms with Crippen molar-refractivity contribution in [3.63, 3.8) is 0 Å². The quantitative estimate of drug-likeness (QED) is 0.896. The minimum atomic E-state index is 0. The molecule has 1 heterocycles. The lowest BCUT2D eigenvalue weighted by molar-refractivity contribution is 0.611. The number of nitrogens with one attached hydrogen (secondary N) is 1. The number of hydrogen-bond donors (Lipinski definition) is 1. The van der Waals surface area contributed by atoms with Crippen molar-refractivity contribution in [2.24, 2.45) is 0 Å². The highest BCUT2D eigenvalue weighted by Gasteiger charge is 2.06. The Labute approximate surface area is 100 Å². The molecule has 2 aromatic rings. The van der Waals surface area contributed by atoms with Gasteiger partial charge in [0.2, 0.25) is 0 Å². The number of aromatic nitrogens is 1. The second-order valence-electron chi connectivity index (χ2n) is 3.56. The van der Waals surface area contributed by atoms with Crippen LogP contribution in [-0.2, 0) is 6.42 Å². The molecule has 82 valence electrons. The first-order chi connectivity index (χ1) is 6.81. The number of rotatable bonds is 3. The van der Waals surface area contributed by atoms with Crippen LogP contribution in [0.3, 0.4) is 0 Å². The minimum absolute atomic E-state index is 0. The van der Waals surface area contributed by atoms with Gasteiger partial charge in [-0.2, -0.15) is 4.37 Å². The monoisotopic (exact) mass is 242 g/mol. The Morgan fingerprint density at radius 1 is 1.47 bits per heavy atom. The van der Waals surface area contributed by atoms with Crippen molar-refractivity contribution in [1.82, 2.24) is 9.69 Å². The van der Waals surface area contributed by atoms with Crippen molar-refractivity contribution in [3.05, 3.63) is 30.0 Å². The van der Waals surface area contributed by atoms with Crippen LogP contribution in [0.5, 0.6) is 0 Å². The van der Waals surface area contributed by atoms with E-state index in [-0.39, 0.29) is 12.4 Å². The molecule has 1 aromatic heterocycles. The average molecular weight is 243 g/mol. The second kappa shape index (κ2) is 5.45. The maximum atomic E-state index is 4.22. The van der Waals surface area contributed by atoms with E-state index in [4.69, 9.17) is 0 Å². The molecule has 1 aromatic carbocycles. The van der Waals surface area contributed by atoms with Crippen LogP contribution in [0, 0.1) is 0 Å². The third kappa shape index (κ3) is 2.68. The fourth-order valence-corrected chi connectivity index (χ4v) is 2.31. The van der Waals surface area contributed by atoms with Crippen molar-refractivity contribution in [3.8, 4) is 0 Å². The second-order valence-corrected chi connectivity index (χ2v) is 4.36. The van der Waals surface area contributed by atoms with Crippen LogP contribution in [0.4, 0.5) is 0 Å². The Balaban J connectivity index is 0.00000112. The molecule has 15 heavy (non-hydrogen) atoms. The summed E-state index contributed by atoms with van der Waals surface area (Å²) in [6, 6.07) is 6.93. The predicted octanol–water partition coefficient (Wildman–Crippen LogP) is 2.87. The smallest absolute Gasteiger partial charge is 0.0582 e. The van der Waals surface area contributed by atoms with Gasteiger partial charge in [-0.05, 0) is 37.5 Å². The molecular formula is C11H15ClN2S. The Morgan fingerprint density at radius 3 is 3.00 bits per heavy atom. The van der Waals surface area contributed by atoms with Crippen LogP contribution in [0.15, 0.2) is 24.4 Å². The van der Waals surface area contributed by atoms with Crippen LogP contribution in [0.25, 0.3) is 10.1 Å². The molecule has 2 nitrogen and oxygen atoms in total. The van der Waals surface area contributed by atoms with Crippen molar-refractivity contribution in [2.45, 2.75) is 19.4 Å². The van der Waals surface area contributed by atoms with Crippen molar-refractivity contribution in [2.75, 3.05) is 7.05 Å². The highest BCUT2D eigenvalue weighted by atomic mass is 35.5. The van der Waals surface area contributed by atoms with Gasteiger partial charge in [0, 0.05) is 17.6 Å². The van der Waals surface area contributed by atoms with Gasteiger partial charge < -0.3 is 5.32 Å². The van der Waals surface area contributed by atoms with Crippen LogP contribution < -0.4 is 5.32 Å². The van der Waals surface area contributed by atoms with Gasteiger partial charge in [-0.1, -0.05) is 18.2 Å². The lowest BCUT2D eigenvalue weighted by Crippen LogP contribution is -2.23. The molecule has 0 amide bonds. The zero-order valence-electron chi connectivity index (χ0n) is 8.86. The molecule has 0 bridgehead atoms. The summed E-state index contributed by atoms with van der Waals surface area (Å²) < 4.78 is 5.54. The summed E-state index contributed by atoms with van der Waals surface area (Å²) >= 11 is 1.59. The minimum Gasteiger partial charge on any atom is -0.317 e. The number of likely N-dealkylation sites (N-methyl/N-ethyl adjacent to an activating group) is 1. The maximum Gasteiger partial charge on any atom is 0.0582 e. The average Bonchev–Trinajstić information content (AvgIpc) is 2.66. The van der Waals surface area contributed by atoms with Gasteiger partial charge in [0.1, 0.15) is 0 Å². The molecule has 4 heteroatoms. The summed E-state index contributed by atoms with van der Waals surface area (Å²) in [6.45, 7) is 2.19. The lowest BCUT2D eigenvalue weighted by atomic mass is 10.1. The van der Waals surface area contributed by atoms with Gasteiger partial charge in [-0.25, -0.2) is 0 Å². The van der Waals surface area contributed by atoms with Gasteiger partial charge in [0.05, 0.1) is 4.70 Å². The van der Waals surface area contributed by atoms with E-state index in [1.165, 1.54) is 15.6 Å². The van der Waals surface area contributed by atoms with Crippen LogP contribution in [-0.4, -0.2) is 17.5 Å². The summed E-state index contributed by atoms with van der Waals surface area (Å²) in [4.78, 5) is 0. The van der Waals surface area contributed by atoms with Crippen LogP contribution >= 0.6 is 23.9 Å². The molecule has 0 saturated heterocycles. The normalized spacial score (nSPS) is 12.4. The summed E-state index contributed by atoms with van der Waals surface area (Å²) in [5.41, 5.74) is 1.40. The third-order valence-corrected chi connectivity index (χ3v) is 3.37. The molecule has 2 rings (SSSR count). The van der Waals surface area contributed by atoms with Gasteiger partial charge >= 0.3 is 0 Å². The standard InChI is InChI=1S/C11H14N2S.ClH/c1-8(12-2)6-9-4-3-5-10-7-13-14-11(9)10;/h3-5,7-8,12H,6H2,1-2H3;1H. The molecule has 0 aliphatic carbocycles. The molecule has 0 fully saturated rings. The van der Waals surface area contributed by atoms with E-state index < -0.39 is 0 Å². The Morgan fingerprint density at radius 2 is 2.27 bits per heavy atom. The highest BCUT2D eigenvalue weighted by molar-refractivity contribution is 7.13. The molecule has 1 atom stereocenters. The Bertz CT molecular complexity index is 427. The summed E-state index contributed by atoms with van der Waals surface area (Å²) in [5, 5.41) is 4.51. The SMILES string of the molecule is CNC(C)Cc1cccc2cnsc12.Cl. The van der Waals surface area contributed by atoms with E-state index in [1.807, 2.05) is 13.2 Å². The molecule has 1 unspecified atom stereocenters. The largest absolute Gasteiger partial charge is 0.317 e. The summed E-state index contributed by atoms with van der Waals surface area (Å²) in [6.07, 6.45) is 3.00. The van der Waals surface area contributed by atoms with E-state index in [0.29, 0.717) is 6.04 Å². The predicted molar refractivity (Wildman–Crippen MR) is 69.1 cm³/mol. The fraction of sp³-hybridized carbons (Fsp3) is 0.364. The van der Waals surface area contributed by atoms with Gasteiger partial charge in [0.25, 0.3) is 0 Å². The molecule has 1 N–H and O–H groups in total. The first kappa shape index (κ1) is 12.4. The summed E-state index contributed by atoms with van der Waals surface area (Å²) in [5.74, 6) is 0. The zero-order valence-corrected chi connectivity index (χ0v) is 10.5. The van der Waals surface area contributed by atoms with E-state index >= 15 is 0 Å². The van der Waals surface area contributed by atoms with Gasteiger partial charge in [0.15, 0.2) is 0 Å². The first-order valence-corrected chi connectivity index (χ1v) is 5.58. The highest BCUT2D eigenvalue weighted by Crippen LogP contribution is 2.23. The fourth-order valence-electron chi connectivity index (χ4n) is 1.55. The third-order valence-electron chi connectivity index (χ3n) is 2.48. The molecule has 0 radical (unpaired) electrons. The van der Waals surface area contributed by atoms with Crippen molar-refractivity contribution >= 4 is 34.0 Å². The number of fused-ring (bicyclic) bond motifs is 1. The van der Waals surface area contributed by atoms with Crippen LogP contribution in [0.1, 0.15) is 12.5 Å².